The van der Waals surface area contributed by atoms with Crippen LogP contribution in [0, 0.1) is 12.7 Å². The molecule has 24 heavy (non-hydrogen) atoms. The average Bonchev–Trinajstić information content (AvgIpc) is 2.58. The molecule has 0 unspecified atom stereocenters. The van der Waals surface area contributed by atoms with Gasteiger partial charge in [-0.25, -0.2) is 12.8 Å². The van der Waals surface area contributed by atoms with Gasteiger partial charge in [-0.1, -0.05) is 29.8 Å². The summed E-state index contributed by atoms with van der Waals surface area (Å²) in [6, 6.07) is 11.4. The normalized spacial score (nSPS) is 16.4. The molecule has 0 aliphatic carbocycles. The van der Waals surface area contributed by atoms with Gasteiger partial charge < -0.3 is 4.90 Å². The SMILES string of the molecule is Cc1c(Cl)cccc1S(=O)(=O)N1CCN(c2ccccc2F)CC1. The predicted octanol–water partition coefficient (Wildman–Crippen LogP) is 3.30. The zero-order valence-corrected chi connectivity index (χ0v) is 14.8. The first kappa shape index (κ1) is 17.2. The van der Waals surface area contributed by atoms with Gasteiger partial charge in [-0.15, -0.1) is 0 Å². The minimum atomic E-state index is -3.60. The highest BCUT2D eigenvalue weighted by Crippen LogP contribution is 2.27. The van der Waals surface area contributed by atoms with Gasteiger partial charge in [0.15, 0.2) is 0 Å². The van der Waals surface area contributed by atoms with Crippen molar-refractivity contribution in [3.63, 3.8) is 0 Å². The molecular weight excluding hydrogens is 351 g/mol. The van der Waals surface area contributed by atoms with E-state index in [1.807, 2.05) is 4.90 Å². The molecule has 4 nitrogen and oxygen atoms in total. The minimum absolute atomic E-state index is 0.231. The van der Waals surface area contributed by atoms with Crippen LogP contribution in [-0.4, -0.2) is 38.9 Å². The first-order chi connectivity index (χ1) is 11.4. The Kier molecular flexibility index (Phi) is 4.80. The van der Waals surface area contributed by atoms with Gasteiger partial charge in [0.05, 0.1) is 10.6 Å². The summed E-state index contributed by atoms with van der Waals surface area (Å²) in [6.07, 6.45) is 0. The van der Waals surface area contributed by atoms with Crippen LogP contribution in [0.4, 0.5) is 10.1 Å². The maximum absolute atomic E-state index is 13.9. The third kappa shape index (κ3) is 3.14. The van der Waals surface area contributed by atoms with Crippen LogP contribution in [0.25, 0.3) is 0 Å². The number of anilines is 1. The molecule has 7 heteroatoms. The lowest BCUT2D eigenvalue weighted by atomic mass is 10.2. The summed E-state index contributed by atoms with van der Waals surface area (Å²) in [4.78, 5) is 2.10. The van der Waals surface area contributed by atoms with E-state index in [-0.39, 0.29) is 10.7 Å². The van der Waals surface area contributed by atoms with E-state index < -0.39 is 10.0 Å². The Hall–Kier alpha value is -1.63. The van der Waals surface area contributed by atoms with Gasteiger partial charge in [0.2, 0.25) is 10.0 Å². The van der Waals surface area contributed by atoms with Gasteiger partial charge >= 0.3 is 0 Å². The predicted molar refractivity (Wildman–Crippen MR) is 93.6 cm³/mol. The summed E-state index contributed by atoms with van der Waals surface area (Å²) in [5.41, 5.74) is 1.06. The van der Waals surface area contributed by atoms with Crippen LogP contribution in [0.5, 0.6) is 0 Å². The average molecular weight is 369 g/mol. The second-order valence-corrected chi connectivity index (χ2v) is 8.02. The Morgan fingerprint density at radius 2 is 1.67 bits per heavy atom. The third-order valence-electron chi connectivity index (χ3n) is 4.27. The number of piperazine rings is 1. The van der Waals surface area contributed by atoms with Crippen LogP contribution in [0.1, 0.15) is 5.56 Å². The molecule has 1 saturated heterocycles. The van der Waals surface area contributed by atoms with Gasteiger partial charge in [-0.2, -0.15) is 4.31 Å². The standard InChI is InChI=1S/C17H18ClFN2O2S/c1-13-14(18)5-4-8-17(13)24(22,23)21-11-9-20(10-12-21)16-7-3-2-6-15(16)19/h2-8H,9-12H2,1H3. The van der Waals surface area contributed by atoms with Crippen molar-refractivity contribution >= 4 is 27.3 Å². The van der Waals surface area contributed by atoms with Crippen LogP contribution >= 0.6 is 11.6 Å². The zero-order valence-electron chi connectivity index (χ0n) is 13.2. The molecule has 2 aromatic rings. The molecule has 0 N–H and O–H groups in total. The van der Waals surface area contributed by atoms with Crippen LogP contribution in [0.15, 0.2) is 47.4 Å². The Labute approximate surface area is 146 Å². The maximum Gasteiger partial charge on any atom is 0.243 e. The van der Waals surface area contributed by atoms with Crippen molar-refractivity contribution in [3.8, 4) is 0 Å². The summed E-state index contributed by atoms with van der Waals surface area (Å²) in [5, 5.41) is 0.432. The molecule has 0 bridgehead atoms. The summed E-state index contributed by atoms with van der Waals surface area (Å²) >= 11 is 6.05. The summed E-state index contributed by atoms with van der Waals surface area (Å²) in [7, 11) is -3.60. The number of nitrogens with zero attached hydrogens (tertiary/aromatic N) is 2. The van der Waals surface area contributed by atoms with Gasteiger partial charge in [0.25, 0.3) is 0 Å². The summed E-state index contributed by atoms with van der Waals surface area (Å²) < 4.78 is 41.0. The number of para-hydroxylation sites is 1. The molecule has 0 radical (unpaired) electrons. The van der Waals surface area contributed by atoms with Crippen LogP contribution in [0.3, 0.4) is 0 Å². The number of hydrogen-bond acceptors (Lipinski definition) is 3. The highest BCUT2D eigenvalue weighted by atomic mass is 35.5. The number of sulfonamides is 1. The first-order valence-electron chi connectivity index (χ1n) is 7.66. The fraction of sp³-hybridized carbons (Fsp3) is 0.294. The molecule has 2 aromatic carbocycles. The number of benzene rings is 2. The van der Waals surface area contributed by atoms with E-state index in [1.165, 1.54) is 10.4 Å². The molecule has 0 aromatic heterocycles. The summed E-state index contributed by atoms with van der Waals surface area (Å²) in [6.45, 7) is 3.20. The fourth-order valence-corrected chi connectivity index (χ4v) is 4.78. The zero-order chi connectivity index (χ0) is 17.3. The Morgan fingerprint density at radius 1 is 1.00 bits per heavy atom. The summed E-state index contributed by atoms with van der Waals surface area (Å²) in [5.74, 6) is -0.292. The van der Waals surface area contributed by atoms with Crippen molar-refractivity contribution in [2.75, 3.05) is 31.1 Å². The molecule has 1 aliphatic rings. The molecule has 0 atom stereocenters. The van der Waals surface area contributed by atoms with E-state index in [1.54, 1.807) is 43.3 Å². The highest BCUT2D eigenvalue weighted by Gasteiger charge is 2.30. The molecule has 128 valence electrons. The quantitative estimate of drug-likeness (QED) is 0.834. The van der Waals surface area contributed by atoms with Crippen molar-refractivity contribution in [2.24, 2.45) is 0 Å². The minimum Gasteiger partial charge on any atom is -0.367 e. The molecule has 1 heterocycles. The van der Waals surface area contributed by atoms with Crippen molar-refractivity contribution < 1.29 is 12.8 Å². The van der Waals surface area contributed by atoms with Gasteiger partial charge in [-0.3, -0.25) is 0 Å². The monoisotopic (exact) mass is 368 g/mol. The van der Waals surface area contributed by atoms with E-state index in [0.29, 0.717) is 42.5 Å². The number of halogens is 2. The Balaban J connectivity index is 1.79. The smallest absolute Gasteiger partial charge is 0.243 e. The lowest BCUT2D eigenvalue weighted by Gasteiger charge is -2.35. The fourth-order valence-electron chi connectivity index (χ4n) is 2.88. The van der Waals surface area contributed by atoms with Gasteiger partial charge in [-0.05, 0) is 36.8 Å². The highest BCUT2D eigenvalue weighted by molar-refractivity contribution is 7.89. The largest absolute Gasteiger partial charge is 0.367 e. The molecule has 0 saturated carbocycles. The van der Waals surface area contributed by atoms with E-state index in [9.17, 15) is 12.8 Å². The maximum atomic E-state index is 13.9. The molecule has 1 fully saturated rings. The third-order valence-corrected chi connectivity index (χ3v) is 6.72. The van der Waals surface area contributed by atoms with Crippen molar-refractivity contribution in [1.82, 2.24) is 4.31 Å². The molecule has 3 rings (SSSR count). The van der Waals surface area contributed by atoms with Gasteiger partial charge in [0.1, 0.15) is 5.82 Å². The van der Waals surface area contributed by atoms with E-state index >= 15 is 0 Å². The number of hydrogen-bond donors (Lipinski definition) is 0. The van der Waals surface area contributed by atoms with Crippen molar-refractivity contribution in [1.29, 1.82) is 0 Å². The van der Waals surface area contributed by atoms with E-state index in [0.717, 1.165) is 0 Å². The molecule has 0 spiro atoms. The Morgan fingerprint density at radius 3 is 2.33 bits per heavy atom. The van der Waals surface area contributed by atoms with E-state index in [4.69, 9.17) is 11.6 Å². The number of rotatable bonds is 3. The first-order valence-corrected chi connectivity index (χ1v) is 9.48. The van der Waals surface area contributed by atoms with Gasteiger partial charge in [0, 0.05) is 31.2 Å². The lowest BCUT2D eigenvalue weighted by molar-refractivity contribution is 0.383. The Bertz CT molecular complexity index is 849. The van der Waals surface area contributed by atoms with Crippen molar-refractivity contribution in [3.05, 3.63) is 58.9 Å². The molecule has 1 aliphatic heterocycles. The molecular formula is C17H18ClFN2O2S. The lowest BCUT2D eigenvalue weighted by Crippen LogP contribution is -2.49. The van der Waals surface area contributed by atoms with Crippen LogP contribution in [0.2, 0.25) is 5.02 Å². The van der Waals surface area contributed by atoms with Crippen LogP contribution in [-0.2, 0) is 10.0 Å². The second-order valence-electron chi connectivity index (χ2n) is 5.71. The second kappa shape index (κ2) is 6.70. The van der Waals surface area contributed by atoms with Crippen molar-refractivity contribution in [2.45, 2.75) is 11.8 Å². The van der Waals surface area contributed by atoms with Crippen LogP contribution < -0.4 is 4.90 Å². The molecule has 0 amide bonds. The topological polar surface area (TPSA) is 40.6 Å². The van der Waals surface area contributed by atoms with E-state index in [2.05, 4.69) is 0 Å².